The summed E-state index contributed by atoms with van der Waals surface area (Å²) in [6.07, 6.45) is 0. The van der Waals surface area contributed by atoms with Crippen molar-refractivity contribution >= 4 is 29.1 Å². The number of carbonyl (C=O) groups excluding carboxylic acids is 2. The lowest BCUT2D eigenvalue weighted by Crippen LogP contribution is -2.38. The van der Waals surface area contributed by atoms with Gasteiger partial charge in [-0.05, 0) is 36.9 Å². The van der Waals surface area contributed by atoms with Crippen molar-refractivity contribution in [2.45, 2.75) is 6.54 Å². The van der Waals surface area contributed by atoms with E-state index in [2.05, 4.69) is 10.6 Å². The molecule has 7 nitrogen and oxygen atoms in total. The van der Waals surface area contributed by atoms with Crippen LogP contribution in [-0.2, 0) is 16.1 Å². The molecule has 2 amide bonds. The van der Waals surface area contributed by atoms with Crippen LogP contribution in [0.5, 0.6) is 11.5 Å². The normalized spacial score (nSPS) is 12.1. The second-order valence-electron chi connectivity index (χ2n) is 6.16. The molecule has 142 valence electrons. The summed E-state index contributed by atoms with van der Waals surface area (Å²) >= 11 is 6.01. The molecule has 1 aliphatic rings. The van der Waals surface area contributed by atoms with Crippen molar-refractivity contribution in [2.75, 3.05) is 32.2 Å². The molecule has 0 bridgehead atoms. The fourth-order valence-corrected chi connectivity index (χ4v) is 2.79. The molecule has 0 aromatic heterocycles. The Morgan fingerprint density at radius 3 is 2.63 bits per heavy atom. The zero-order chi connectivity index (χ0) is 19.2. The van der Waals surface area contributed by atoms with Crippen LogP contribution in [0.2, 0.25) is 5.02 Å². The molecule has 0 unspecified atom stereocenters. The zero-order valence-electron chi connectivity index (χ0n) is 14.8. The Labute approximate surface area is 162 Å². The lowest BCUT2D eigenvalue weighted by atomic mass is 10.2. The number of nitrogens with zero attached hydrogens (tertiary/aromatic N) is 1. The number of fused-ring (bicyclic) bond motifs is 1. The molecule has 0 atom stereocenters. The third kappa shape index (κ3) is 5.35. The smallest absolute Gasteiger partial charge is 0.238 e. The molecule has 2 aromatic rings. The number of hydrogen-bond donors (Lipinski definition) is 2. The van der Waals surface area contributed by atoms with Crippen LogP contribution in [-0.4, -0.2) is 43.6 Å². The second-order valence-corrected chi connectivity index (χ2v) is 6.57. The summed E-state index contributed by atoms with van der Waals surface area (Å²) < 4.78 is 10.6. The van der Waals surface area contributed by atoms with E-state index in [-0.39, 0.29) is 31.7 Å². The van der Waals surface area contributed by atoms with Crippen LogP contribution in [0.25, 0.3) is 0 Å². The van der Waals surface area contributed by atoms with Gasteiger partial charge < -0.3 is 20.1 Å². The quantitative estimate of drug-likeness (QED) is 0.759. The average Bonchev–Trinajstić information content (AvgIpc) is 3.09. The van der Waals surface area contributed by atoms with Gasteiger partial charge in [0, 0.05) is 6.54 Å². The number of hydrogen-bond acceptors (Lipinski definition) is 5. The van der Waals surface area contributed by atoms with Gasteiger partial charge in [0.05, 0.1) is 23.8 Å². The van der Waals surface area contributed by atoms with Crippen LogP contribution in [0.3, 0.4) is 0 Å². The van der Waals surface area contributed by atoms with Crippen LogP contribution >= 0.6 is 11.6 Å². The molecule has 0 radical (unpaired) electrons. The molecule has 2 N–H and O–H groups in total. The molecule has 2 aromatic carbocycles. The Morgan fingerprint density at radius 1 is 1.07 bits per heavy atom. The van der Waals surface area contributed by atoms with Gasteiger partial charge in [0.25, 0.3) is 0 Å². The third-order valence-electron chi connectivity index (χ3n) is 3.90. The Hall–Kier alpha value is -2.77. The Bertz CT molecular complexity index is 843. The van der Waals surface area contributed by atoms with Crippen molar-refractivity contribution in [3.8, 4) is 11.5 Å². The number of nitrogens with one attached hydrogen (secondary N) is 2. The Morgan fingerprint density at radius 2 is 1.81 bits per heavy atom. The SMILES string of the molecule is CN(CC(=O)NCc1ccc2c(c1)OCO2)CC(=O)Nc1ccccc1Cl. The Kier molecular flexibility index (Phi) is 6.16. The minimum atomic E-state index is -0.242. The van der Waals surface area contributed by atoms with E-state index in [1.807, 2.05) is 18.2 Å². The molecule has 8 heteroatoms. The number of ether oxygens (including phenoxy) is 2. The maximum absolute atomic E-state index is 12.1. The minimum absolute atomic E-state index is 0.0721. The van der Waals surface area contributed by atoms with Crippen molar-refractivity contribution in [1.82, 2.24) is 10.2 Å². The largest absolute Gasteiger partial charge is 0.454 e. The maximum atomic E-state index is 12.1. The Balaban J connectivity index is 1.42. The number of carbonyl (C=O) groups is 2. The summed E-state index contributed by atoms with van der Waals surface area (Å²) in [4.78, 5) is 25.8. The molecule has 0 fully saturated rings. The van der Waals surface area contributed by atoms with Crippen molar-refractivity contribution in [1.29, 1.82) is 0 Å². The van der Waals surface area contributed by atoms with E-state index in [4.69, 9.17) is 21.1 Å². The first-order chi connectivity index (χ1) is 13.0. The van der Waals surface area contributed by atoms with Crippen molar-refractivity contribution in [3.05, 3.63) is 53.1 Å². The molecule has 1 heterocycles. The number of anilines is 1. The third-order valence-corrected chi connectivity index (χ3v) is 4.23. The van der Waals surface area contributed by atoms with Crippen LogP contribution < -0.4 is 20.1 Å². The molecule has 0 aliphatic carbocycles. The van der Waals surface area contributed by atoms with E-state index in [1.165, 1.54) is 0 Å². The summed E-state index contributed by atoms with van der Waals surface area (Å²) in [5.41, 5.74) is 1.46. The van der Waals surface area contributed by atoms with Gasteiger partial charge in [-0.3, -0.25) is 14.5 Å². The van der Waals surface area contributed by atoms with E-state index in [0.29, 0.717) is 28.8 Å². The number of likely N-dealkylation sites (N-methyl/N-ethyl adjacent to an activating group) is 1. The van der Waals surface area contributed by atoms with Gasteiger partial charge in [-0.2, -0.15) is 0 Å². The summed E-state index contributed by atoms with van der Waals surface area (Å²) in [5.74, 6) is 0.958. The summed E-state index contributed by atoms with van der Waals surface area (Å²) in [6.45, 7) is 0.754. The second kappa shape index (κ2) is 8.75. The standard InChI is InChI=1S/C19H20ClN3O4/c1-23(11-19(25)22-15-5-3-2-4-14(15)20)10-18(24)21-9-13-6-7-16-17(8-13)27-12-26-16/h2-8H,9-12H2,1H3,(H,21,24)(H,22,25). The van der Waals surface area contributed by atoms with Crippen LogP contribution in [0.4, 0.5) is 5.69 Å². The topological polar surface area (TPSA) is 79.9 Å². The van der Waals surface area contributed by atoms with Crippen molar-refractivity contribution in [3.63, 3.8) is 0 Å². The molecular weight excluding hydrogens is 370 g/mol. The number of halogens is 1. The lowest BCUT2D eigenvalue weighted by molar-refractivity contribution is -0.123. The van der Waals surface area contributed by atoms with Crippen LogP contribution in [0.1, 0.15) is 5.56 Å². The molecule has 1 aliphatic heterocycles. The molecule has 3 rings (SSSR count). The molecule has 0 spiro atoms. The predicted molar refractivity (Wildman–Crippen MR) is 102 cm³/mol. The van der Waals surface area contributed by atoms with Crippen LogP contribution in [0, 0.1) is 0 Å². The first-order valence-corrected chi connectivity index (χ1v) is 8.77. The van der Waals surface area contributed by atoms with E-state index in [0.717, 1.165) is 5.56 Å². The van der Waals surface area contributed by atoms with Gasteiger partial charge in [0.2, 0.25) is 18.6 Å². The van der Waals surface area contributed by atoms with Gasteiger partial charge in [-0.1, -0.05) is 29.8 Å². The average molecular weight is 390 g/mol. The number of para-hydroxylation sites is 1. The van der Waals surface area contributed by atoms with E-state index in [1.54, 1.807) is 36.2 Å². The fourth-order valence-electron chi connectivity index (χ4n) is 2.61. The summed E-state index contributed by atoms with van der Waals surface area (Å²) in [6, 6.07) is 12.5. The first-order valence-electron chi connectivity index (χ1n) is 8.39. The highest BCUT2D eigenvalue weighted by Crippen LogP contribution is 2.32. The zero-order valence-corrected chi connectivity index (χ0v) is 15.6. The highest BCUT2D eigenvalue weighted by molar-refractivity contribution is 6.33. The summed E-state index contributed by atoms with van der Waals surface area (Å²) in [7, 11) is 1.70. The molecule has 0 saturated carbocycles. The molecule has 0 saturated heterocycles. The number of rotatable bonds is 7. The lowest BCUT2D eigenvalue weighted by Gasteiger charge is -2.16. The highest BCUT2D eigenvalue weighted by atomic mass is 35.5. The monoisotopic (exact) mass is 389 g/mol. The number of amides is 2. The van der Waals surface area contributed by atoms with Crippen molar-refractivity contribution < 1.29 is 19.1 Å². The highest BCUT2D eigenvalue weighted by Gasteiger charge is 2.14. The van der Waals surface area contributed by atoms with Gasteiger partial charge in [0.15, 0.2) is 11.5 Å². The molecule has 27 heavy (non-hydrogen) atoms. The van der Waals surface area contributed by atoms with Crippen molar-refractivity contribution in [2.24, 2.45) is 0 Å². The van der Waals surface area contributed by atoms with E-state index >= 15 is 0 Å². The predicted octanol–water partition coefficient (Wildman–Crippen LogP) is 2.26. The van der Waals surface area contributed by atoms with Gasteiger partial charge in [-0.15, -0.1) is 0 Å². The fraction of sp³-hybridized carbons (Fsp3) is 0.263. The van der Waals surface area contributed by atoms with Crippen LogP contribution in [0.15, 0.2) is 42.5 Å². The van der Waals surface area contributed by atoms with Gasteiger partial charge >= 0.3 is 0 Å². The number of benzene rings is 2. The minimum Gasteiger partial charge on any atom is -0.454 e. The maximum Gasteiger partial charge on any atom is 0.238 e. The summed E-state index contributed by atoms with van der Waals surface area (Å²) in [5, 5.41) is 6.02. The first kappa shape index (κ1) is 19.0. The van der Waals surface area contributed by atoms with Gasteiger partial charge in [-0.25, -0.2) is 0 Å². The molecular formula is C19H20ClN3O4. The van der Waals surface area contributed by atoms with E-state index in [9.17, 15) is 9.59 Å². The van der Waals surface area contributed by atoms with Gasteiger partial charge in [0.1, 0.15) is 0 Å². The van der Waals surface area contributed by atoms with E-state index < -0.39 is 0 Å².